The van der Waals surface area contributed by atoms with Crippen molar-refractivity contribution < 1.29 is 9.59 Å². The van der Waals surface area contributed by atoms with Gasteiger partial charge >= 0.3 is 0 Å². The van der Waals surface area contributed by atoms with Crippen molar-refractivity contribution in [3.05, 3.63) is 35.9 Å². The van der Waals surface area contributed by atoms with Gasteiger partial charge in [0, 0.05) is 37.5 Å². The van der Waals surface area contributed by atoms with Gasteiger partial charge in [-0.15, -0.1) is 0 Å². The summed E-state index contributed by atoms with van der Waals surface area (Å²) >= 11 is 0. The maximum Gasteiger partial charge on any atom is 0.248 e. The molecule has 2 N–H and O–H groups in total. The molecule has 29 heavy (non-hydrogen) atoms. The average molecular weight is 398 g/mol. The van der Waals surface area contributed by atoms with Gasteiger partial charge in [-0.1, -0.05) is 58.0 Å². The Kier molecular flexibility index (Phi) is 5.45. The second-order valence-electron chi connectivity index (χ2n) is 10.2. The topological polar surface area (TPSA) is 61.4 Å². The predicted molar refractivity (Wildman–Crippen MR) is 114 cm³/mol. The lowest BCUT2D eigenvalue weighted by molar-refractivity contribution is -0.155. The van der Waals surface area contributed by atoms with Crippen LogP contribution in [0.1, 0.15) is 46.1 Å². The summed E-state index contributed by atoms with van der Waals surface area (Å²) in [7, 11) is 0. The van der Waals surface area contributed by atoms with E-state index in [1.807, 2.05) is 30.3 Å². The zero-order valence-corrected chi connectivity index (χ0v) is 18.2. The molecule has 5 rings (SSSR count). The summed E-state index contributed by atoms with van der Waals surface area (Å²) in [6.45, 7) is 11.3. The first-order valence-corrected chi connectivity index (χ1v) is 11.2. The minimum Gasteiger partial charge on any atom is -0.350 e. The van der Waals surface area contributed by atoms with E-state index in [9.17, 15) is 9.59 Å². The number of fused-ring (bicyclic) bond motifs is 1. The van der Waals surface area contributed by atoms with Crippen LogP contribution in [0.3, 0.4) is 0 Å². The van der Waals surface area contributed by atoms with E-state index in [1.54, 1.807) is 0 Å². The zero-order valence-electron chi connectivity index (χ0n) is 18.2. The van der Waals surface area contributed by atoms with Crippen molar-refractivity contribution in [3.8, 4) is 0 Å². The van der Waals surface area contributed by atoms with Gasteiger partial charge in [0.1, 0.15) is 5.54 Å². The molecule has 1 saturated carbocycles. The van der Waals surface area contributed by atoms with Crippen molar-refractivity contribution >= 4 is 11.8 Å². The number of hydrogen-bond acceptors (Lipinski definition) is 3. The van der Waals surface area contributed by atoms with E-state index < -0.39 is 5.54 Å². The molecule has 3 aliphatic heterocycles. The number of carbonyl (C=O) groups excluding carboxylic acids is 2. The monoisotopic (exact) mass is 397 g/mol. The van der Waals surface area contributed by atoms with Crippen LogP contribution in [0.15, 0.2) is 30.3 Å². The van der Waals surface area contributed by atoms with Gasteiger partial charge in [0.05, 0.1) is 0 Å². The largest absolute Gasteiger partial charge is 0.350 e. The van der Waals surface area contributed by atoms with E-state index in [0.717, 1.165) is 31.5 Å². The second kappa shape index (κ2) is 7.75. The van der Waals surface area contributed by atoms with Crippen LogP contribution in [0.5, 0.6) is 0 Å². The number of rotatable bonds is 7. The quantitative estimate of drug-likeness (QED) is 0.744. The highest BCUT2D eigenvalue weighted by Crippen LogP contribution is 2.54. The van der Waals surface area contributed by atoms with Crippen LogP contribution in [0.2, 0.25) is 0 Å². The number of piperidine rings is 2. The Balaban J connectivity index is 1.65. The van der Waals surface area contributed by atoms with Gasteiger partial charge in [0.2, 0.25) is 11.8 Å². The third-order valence-electron chi connectivity index (χ3n) is 7.10. The van der Waals surface area contributed by atoms with Crippen LogP contribution >= 0.6 is 0 Å². The molecule has 5 heteroatoms. The van der Waals surface area contributed by atoms with Crippen LogP contribution in [0.4, 0.5) is 0 Å². The molecular weight excluding hydrogens is 362 g/mol. The molecule has 0 radical (unpaired) electrons. The Hall–Kier alpha value is -1.88. The number of hydrogen-bond donors (Lipinski definition) is 2. The lowest BCUT2D eigenvalue weighted by Crippen LogP contribution is -2.77. The number of nitrogens with one attached hydrogen (secondary N) is 2. The van der Waals surface area contributed by atoms with Gasteiger partial charge in [-0.2, -0.15) is 0 Å². The van der Waals surface area contributed by atoms with E-state index in [4.69, 9.17) is 0 Å². The van der Waals surface area contributed by atoms with Crippen molar-refractivity contribution in [1.29, 1.82) is 0 Å². The molecule has 1 aliphatic carbocycles. The number of carbonyl (C=O) groups is 2. The van der Waals surface area contributed by atoms with Crippen molar-refractivity contribution in [3.63, 3.8) is 0 Å². The van der Waals surface area contributed by atoms with Crippen molar-refractivity contribution in [2.45, 2.75) is 58.7 Å². The fourth-order valence-corrected chi connectivity index (χ4v) is 6.21. The average Bonchev–Trinajstić information content (AvgIpc) is 2.89. The normalized spacial score (nSPS) is 33.4. The summed E-state index contributed by atoms with van der Waals surface area (Å²) in [5.41, 5.74) is 0.299. The van der Waals surface area contributed by atoms with Crippen molar-refractivity contribution in [2.24, 2.45) is 29.6 Å². The highest BCUT2D eigenvalue weighted by Gasteiger charge is 2.70. The molecule has 3 heterocycles. The van der Waals surface area contributed by atoms with Crippen LogP contribution in [0, 0.1) is 29.6 Å². The zero-order chi connectivity index (χ0) is 20.8. The standard InChI is InChI=1S/C24H35N3O2/c1-15(2)10-19-20-11-18-14-27(13-16(3)4)21(19)24(18,26-22(20)28)23(29)25-12-17-8-6-5-7-9-17/h5-9,15-16,18-21H,10-14H2,1-4H3,(H,25,29)(H,26,28). The molecule has 5 atom stereocenters. The summed E-state index contributed by atoms with van der Waals surface area (Å²) in [6, 6.07) is 10.1. The van der Waals surface area contributed by atoms with Gasteiger partial charge in [0.25, 0.3) is 0 Å². The molecule has 1 aromatic carbocycles. The van der Waals surface area contributed by atoms with Gasteiger partial charge in [0.15, 0.2) is 0 Å². The Labute approximate surface area is 174 Å². The molecule has 158 valence electrons. The Morgan fingerprint density at radius 1 is 1.21 bits per heavy atom. The molecule has 4 aliphatic rings. The first-order valence-electron chi connectivity index (χ1n) is 11.2. The summed E-state index contributed by atoms with van der Waals surface area (Å²) in [5.74, 6) is 1.64. The number of amides is 2. The van der Waals surface area contributed by atoms with Gasteiger partial charge in [-0.25, -0.2) is 0 Å². The Bertz CT molecular complexity index is 763. The van der Waals surface area contributed by atoms with Crippen LogP contribution < -0.4 is 10.6 Å². The maximum atomic E-state index is 13.7. The fraction of sp³-hybridized carbons (Fsp3) is 0.667. The molecule has 3 saturated heterocycles. The maximum absolute atomic E-state index is 13.7. The van der Waals surface area contributed by atoms with Crippen molar-refractivity contribution in [1.82, 2.24) is 15.5 Å². The van der Waals surface area contributed by atoms with Crippen LogP contribution in [-0.2, 0) is 16.1 Å². The Morgan fingerprint density at radius 2 is 1.93 bits per heavy atom. The molecule has 2 amide bonds. The van der Waals surface area contributed by atoms with E-state index in [2.05, 4.69) is 43.2 Å². The van der Waals surface area contributed by atoms with Gasteiger partial charge in [-0.3, -0.25) is 14.5 Å². The van der Waals surface area contributed by atoms with Crippen LogP contribution in [-0.4, -0.2) is 41.4 Å². The predicted octanol–water partition coefficient (Wildman–Crippen LogP) is 2.81. The molecular formula is C24H35N3O2. The summed E-state index contributed by atoms with van der Waals surface area (Å²) in [5, 5.41) is 6.42. The molecule has 5 nitrogen and oxygen atoms in total. The number of nitrogens with zero attached hydrogens (tertiary/aromatic N) is 1. The third-order valence-corrected chi connectivity index (χ3v) is 7.10. The smallest absolute Gasteiger partial charge is 0.248 e. The fourth-order valence-electron chi connectivity index (χ4n) is 6.21. The number of likely N-dealkylation sites (tertiary alicyclic amines) is 1. The summed E-state index contributed by atoms with van der Waals surface area (Å²) < 4.78 is 0. The molecule has 4 fully saturated rings. The SMILES string of the molecule is CC(C)CC1C2CC3CN(CC(C)C)C1C3(C(=O)NCc1ccccc1)NC2=O. The van der Waals surface area contributed by atoms with Crippen molar-refractivity contribution in [2.75, 3.05) is 13.1 Å². The first-order chi connectivity index (χ1) is 13.8. The number of benzene rings is 1. The Morgan fingerprint density at radius 3 is 2.59 bits per heavy atom. The highest BCUT2D eigenvalue weighted by atomic mass is 16.2. The molecule has 1 aromatic rings. The lowest BCUT2D eigenvalue weighted by atomic mass is 9.57. The lowest BCUT2D eigenvalue weighted by Gasteiger charge is -2.55. The van der Waals surface area contributed by atoms with Crippen LogP contribution in [0.25, 0.3) is 0 Å². The highest BCUT2D eigenvalue weighted by molar-refractivity contribution is 5.97. The summed E-state index contributed by atoms with van der Waals surface area (Å²) in [6.07, 6.45) is 1.84. The minimum absolute atomic E-state index is 0.00265. The molecule has 5 unspecified atom stereocenters. The van der Waals surface area contributed by atoms with Gasteiger partial charge < -0.3 is 10.6 Å². The van der Waals surface area contributed by atoms with E-state index >= 15 is 0 Å². The summed E-state index contributed by atoms with van der Waals surface area (Å²) in [4.78, 5) is 29.2. The van der Waals surface area contributed by atoms with Gasteiger partial charge in [-0.05, 0) is 36.2 Å². The van der Waals surface area contributed by atoms with E-state index in [-0.39, 0.29) is 35.6 Å². The minimum atomic E-state index is -0.783. The molecule has 4 bridgehead atoms. The second-order valence-corrected chi connectivity index (χ2v) is 10.2. The van der Waals surface area contributed by atoms with E-state index in [0.29, 0.717) is 18.4 Å². The molecule has 0 spiro atoms. The molecule has 0 aromatic heterocycles. The van der Waals surface area contributed by atoms with E-state index in [1.165, 1.54) is 0 Å². The third kappa shape index (κ3) is 3.48. The first kappa shape index (κ1) is 20.4.